The van der Waals surface area contributed by atoms with Crippen molar-refractivity contribution in [3.05, 3.63) is 42.7 Å². The first-order valence-electron chi connectivity index (χ1n) is 6.00. The molecule has 0 spiro atoms. The Kier molecular flexibility index (Phi) is 3.67. The van der Waals surface area contributed by atoms with Gasteiger partial charge in [0.1, 0.15) is 0 Å². The van der Waals surface area contributed by atoms with Crippen LogP contribution in [-0.4, -0.2) is 28.8 Å². The summed E-state index contributed by atoms with van der Waals surface area (Å²) in [5.74, 6) is 0.825. The molecule has 0 saturated heterocycles. The van der Waals surface area contributed by atoms with E-state index in [4.69, 9.17) is 4.74 Å². The predicted octanol–water partition coefficient (Wildman–Crippen LogP) is 2.71. The number of para-hydroxylation sites is 1. The fourth-order valence-electron chi connectivity index (χ4n) is 1.60. The summed E-state index contributed by atoms with van der Waals surface area (Å²) in [6.45, 7) is 4.78. The van der Waals surface area contributed by atoms with Crippen molar-refractivity contribution in [3.63, 3.8) is 0 Å². The van der Waals surface area contributed by atoms with E-state index in [1.807, 2.05) is 54.9 Å². The Morgan fingerprint density at radius 3 is 2.67 bits per heavy atom. The van der Waals surface area contributed by atoms with Gasteiger partial charge in [0.15, 0.2) is 0 Å². The molecule has 2 rings (SSSR count). The SMILES string of the molecule is COC(C)(C)CNc1nccn1-c1ccccc1. The van der Waals surface area contributed by atoms with Crippen molar-refractivity contribution >= 4 is 5.95 Å². The molecule has 0 bridgehead atoms. The van der Waals surface area contributed by atoms with Crippen LogP contribution in [0.2, 0.25) is 0 Å². The first-order chi connectivity index (χ1) is 8.62. The van der Waals surface area contributed by atoms with Crippen molar-refractivity contribution in [1.29, 1.82) is 0 Å². The molecule has 4 heteroatoms. The van der Waals surface area contributed by atoms with Crippen LogP contribution in [0.1, 0.15) is 13.8 Å². The average Bonchev–Trinajstić information content (AvgIpc) is 2.86. The lowest BCUT2D eigenvalue weighted by atomic mass is 10.1. The van der Waals surface area contributed by atoms with E-state index in [-0.39, 0.29) is 5.60 Å². The normalized spacial score (nSPS) is 11.5. The van der Waals surface area contributed by atoms with E-state index in [9.17, 15) is 0 Å². The largest absolute Gasteiger partial charge is 0.377 e. The van der Waals surface area contributed by atoms with Crippen LogP contribution in [0.15, 0.2) is 42.7 Å². The summed E-state index contributed by atoms with van der Waals surface area (Å²) in [4.78, 5) is 4.33. The minimum absolute atomic E-state index is 0.215. The number of hydrogen-bond acceptors (Lipinski definition) is 3. The summed E-state index contributed by atoms with van der Waals surface area (Å²) in [5, 5.41) is 3.31. The van der Waals surface area contributed by atoms with Gasteiger partial charge in [-0.2, -0.15) is 0 Å². The number of imidazole rings is 1. The predicted molar refractivity (Wildman–Crippen MR) is 73.1 cm³/mol. The molecule has 0 radical (unpaired) electrons. The van der Waals surface area contributed by atoms with E-state index in [1.54, 1.807) is 13.3 Å². The molecule has 1 heterocycles. The third-order valence-corrected chi connectivity index (χ3v) is 2.90. The van der Waals surface area contributed by atoms with Crippen molar-refractivity contribution in [2.75, 3.05) is 19.0 Å². The van der Waals surface area contributed by atoms with E-state index in [2.05, 4.69) is 10.3 Å². The third-order valence-electron chi connectivity index (χ3n) is 2.90. The van der Waals surface area contributed by atoms with Gasteiger partial charge < -0.3 is 10.1 Å². The van der Waals surface area contributed by atoms with Gasteiger partial charge in [-0.3, -0.25) is 4.57 Å². The fraction of sp³-hybridized carbons (Fsp3) is 0.357. The highest BCUT2D eigenvalue weighted by Gasteiger charge is 2.17. The molecule has 0 aliphatic carbocycles. The van der Waals surface area contributed by atoms with E-state index in [0.717, 1.165) is 11.6 Å². The molecular formula is C14H19N3O. The Balaban J connectivity index is 2.14. The summed E-state index contributed by atoms with van der Waals surface area (Å²) >= 11 is 0. The number of rotatable bonds is 5. The van der Waals surface area contributed by atoms with Gasteiger partial charge >= 0.3 is 0 Å². The second-order valence-corrected chi connectivity index (χ2v) is 4.77. The molecule has 0 fully saturated rings. The van der Waals surface area contributed by atoms with Crippen LogP contribution in [0.25, 0.3) is 5.69 Å². The van der Waals surface area contributed by atoms with E-state index in [0.29, 0.717) is 6.54 Å². The molecule has 0 amide bonds. The lowest BCUT2D eigenvalue weighted by molar-refractivity contribution is 0.0342. The zero-order valence-corrected chi connectivity index (χ0v) is 11.1. The van der Waals surface area contributed by atoms with Crippen LogP contribution in [0.3, 0.4) is 0 Å². The van der Waals surface area contributed by atoms with Gasteiger partial charge in [0.05, 0.1) is 5.60 Å². The van der Waals surface area contributed by atoms with Crippen LogP contribution >= 0.6 is 0 Å². The van der Waals surface area contributed by atoms with E-state index in [1.165, 1.54) is 0 Å². The standard InChI is InChI=1S/C14H19N3O/c1-14(2,18-3)11-16-13-15-9-10-17(13)12-7-5-4-6-8-12/h4-10H,11H2,1-3H3,(H,15,16). The molecule has 0 saturated carbocycles. The van der Waals surface area contributed by atoms with Gasteiger partial charge in [0, 0.05) is 31.7 Å². The summed E-state index contributed by atoms with van der Waals surface area (Å²) in [5.41, 5.74) is 0.876. The van der Waals surface area contributed by atoms with Gasteiger partial charge in [-0.25, -0.2) is 4.98 Å². The number of nitrogens with zero attached hydrogens (tertiary/aromatic N) is 2. The van der Waals surface area contributed by atoms with E-state index < -0.39 is 0 Å². The number of methoxy groups -OCH3 is 1. The molecule has 0 aliphatic rings. The fourth-order valence-corrected chi connectivity index (χ4v) is 1.60. The second kappa shape index (κ2) is 5.23. The summed E-state index contributed by atoms with van der Waals surface area (Å²) in [6, 6.07) is 10.1. The number of nitrogens with one attached hydrogen (secondary N) is 1. The third kappa shape index (κ3) is 2.90. The second-order valence-electron chi connectivity index (χ2n) is 4.77. The van der Waals surface area contributed by atoms with Gasteiger partial charge in [0.25, 0.3) is 0 Å². The Bertz CT molecular complexity index is 491. The van der Waals surface area contributed by atoms with Gasteiger partial charge in [-0.1, -0.05) is 18.2 Å². The summed E-state index contributed by atoms with van der Waals surface area (Å²) < 4.78 is 7.40. The molecule has 1 aromatic heterocycles. The van der Waals surface area contributed by atoms with Crippen LogP contribution in [0.4, 0.5) is 5.95 Å². The lowest BCUT2D eigenvalue weighted by Gasteiger charge is -2.23. The first kappa shape index (κ1) is 12.6. The molecule has 0 atom stereocenters. The summed E-state index contributed by atoms with van der Waals surface area (Å²) in [7, 11) is 1.71. The minimum Gasteiger partial charge on any atom is -0.377 e. The zero-order chi connectivity index (χ0) is 13.0. The maximum atomic E-state index is 5.38. The van der Waals surface area contributed by atoms with Crippen molar-refractivity contribution in [2.24, 2.45) is 0 Å². The monoisotopic (exact) mass is 245 g/mol. The number of ether oxygens (including phenoxy) is 1. The van der Waals surface area contributed by atoms with Crippen molar-refractivity contribution in [1.82, 2.24) is 9.55 Å². The highest BCUT2D eigenvalue weighted by molar-refractivity contribution is 5.41. The molecule has 0 unspecified atom stereocenters. The van der Waals surface area contributed by atoms with Crippen LogP contribution in [0.5, 0.6) is 0 Å². The van der Waals surface area contributed by atoms with Crippen LogP contribution in [0, 0.1) is 0 Å². The lowest BCUT2D eigenvalue weighted by Crippen LogP contribution is -2.32. The van der Waals surface area contributed by atoms with Crippen molar-refractivity contribution in [3.8, 4) is 5.69 Å². The zero-order valence-electron chi connectivity index (χ0n) is 11.1. The smallest absolute Gasteiger partial charge is 0.207 e. The van der Waals surface area contributed by atoms with Gasteiger partial charge in [-0.05, 0) is 26.0 Å². The molecule has 0 aliphatic heterocycles. The number of hydrogen-bond donors (Lipinski definition) is 1. The average molecular weight is 245 g/mol. The van der Waals surface area contributed by atoms with Crippen molar-refractivity contribution in [2.45, 2.75) is 19.4 Å². The Morgan fingerprint density at radius 2 is 2.00 bits per heavy atom. The highest BCUT2D eigenvalue weighted by Crippen LogP contribution is 2.15. The van der Waals surface area contributed by atoms with Crippen molar-refractivity contribution < 1.29 is 4.74 Å². The molecule has 4 nitrogen and oxygen atoms in total. The molecule has 96 valence electrons. The molecular weight excluding hydrogens is 226 g/mol. The number of aromatic nitrogens is 2. The van der Waals surface area contributed by atoms with Crippen LogP contribution < -0.4 is 5.32 Å². The Labute approximate surface area is 108 Å². The summed E-state index contributed by atoms with van der Waals surface area (Å²) in [6.07, 6.45) is 3.73. The molecule has 1 aromatic carbocycles. The number of benzene rings is 1. The first-order valence-corrected chi connectivity index (χ1v) is 6.00. The molecule has 2 aromatic rings. The number of anilines is 1. The van der Waals surface area contributed by atoms with Crippen LogP contribution in [-0.2, 0) is 4.74 Å². The van der Waals surface area contributed by atoms with E-state index >= 15 is 0 Å². The topological polar surface area (TPSA) is 39.1 Å². The highest BCUT2D eigenvalue weighted by atomic mass is 16.5. The molecule has 18 heavy (non-hydrogen) atoms. The Morgan fingerprint density at radius 1 is 1.28 bits per heavy atom. The van der Waals surface area contributed by atoms with Gasteiger partial charge in [0.2, 0.25) is 5.95 Å². The minimum atomic E-state index is -0.215. The quantitative estimate of drug-likeness (QED) is 0.880. The maximum absolute atomic E-state index is 5.38. The van der Waals surface area contributed by atoms with Gasteiger partial charge in [-0.15, -0.1) is 0 Å². The molecule has 1 N–H and O–H groups in total. The Hall–Kier alpha value is -1.81. The maximum Gasteiger partial charge on any atom is 0.207 e.